The summed E-state index contributed by atoms with van der Waals surface area (Å²) >= 11 is 0. The molecule has 2 aromatic carbocycles. The van der Waals surface area contributed by atoms with E-state index in [9.17, 15) is 18.5 Å². The number of hydrogen-bond acceptors (Lipinski definition) is 5. The highest BCUT2D eigenvalue weighted by atomic mass is 32.2. The Morgan fingerprint density at radius 2 is 1.86 bits per heavy atom. The van der Waals surface area contributed by atoms with Gasteiger partial charge >= 0.3 is 0 Å². The van der Waals surface area contributed by atoms with E-state index in [0.29, 0.717) is 11.3 Å². The lowest BCUT2D eigenvalue weighted by molar-refractivity contribution is -0.384. The van der Waals surface area contributed by atoms with Gasteiger partial charge < -0.3 is 4.74 Å². The van der Waals surface area contributed by atoms with Crippen molar-refractivity contribution in [3.05, 3.63) is 63.7 Å². The molecular weight excluding hydrogens is 306 g/mol. The van der Waals surface area contributed by atoms with Crippen LogP contribution in [0.15, 0.2) is 47.4 Å². The van der Waals surface area contributed by atoms with E-state index in [2.05, 4.69) is 0 Å². The van der Waals surface area contributed by atoms with Gasteiger partial charge in [-0.3, -0.25) is 10.1 Å². The minimum Gasteiger partial charge on any atom is -0.496 e. The quantitative estimate of drug-likeness (QED) is 0.624. The summed E-state index contributed by atoms with van der Waals surface area (Å²) in [6, 6.07) is 10.5. The molecule has 2 rings (SSSR count). The van der Waals surface area contributed by atoms with Gasteiger partial charge in [0.2, 0.25) is 0 Å². The number of sulfone groups is 1. The van der Waals surface area contributed by atoms with Crippen LogP contribution in [0.3, 0.4) is 0 Å². The molecule has 2 aromatic rings. The molecule has 0 aromatic heterocycles. The Labute approximate surface area is 128 Å². The van der Waals surface area contributed by atoms with Crippen LogP contribution in [0.1, 0.15) is 11.1 Å². The normalized spacial score (nSPS) is 11.2. The Morgan fingerprint density at radius 1 is 1.18 bits per heavy atom. The number of nitro benzene ring substituents is 1. The largest absolute Gasteiger partial charge is 0.496 e. The predicted octanol–water partition coefficient (Wildman–Crippen LogP) is 2.89. The first kappa shape index (κ1) is 16.0. The van der Waals surface area contributed by atoms with Gasteiger partial charge in [0.05, 0.1) is 22.7 Å². The van der Waals surface area contributed by atoms with Crippen molar-refractivity contribution in [1.82, 2.24) is 0 Å². The summed E-state index contributed by atoms with van der Waals surface area (Å²) in [7, 11) is -2.23. The van der Waals surface area contributed by atoms with Crippen LogP contribution in [0.4, 0.5) is 5.69 Å². The van der Waals surface area contributed by atoms with Crippen LogP contribution < -0.4 is 4.74 Å². The minimum absolute atomic E-state index is 0.171. The zero-order valence-corrected chi connectivity index (χ0v) is 13.0. The fourth-order valence-electron chi connectivity index (χ4n) is 2.18. The summed E-state index contributed by atoms with van der Waals surface area (Å²) in [5, 5.41) is 10.9. The molecule has 0 aliphatic heterocycles. The van der Waals surface area contributed by atoms with Gasteiger partial charge in [-0.15, -0.1) is 0 Å². The van der Waals surface area contributed by atoms with E-state index in [0.717, 1.165) is 0 Å². The summed E-state index contributed by atoms with van der Waals surface area (Å²) < 4.78 is 30.2. The second-order valence-electron chi connectivity index (χ2n) is 4.78. The van der Waals surface area contributed by atoms with Crippen LogP contribution in [0.2, 0.25) is 0 Å². The van der Waals surface area contributed by atoms with Crippen LogP contribution >= 0.6 is 0 Å². The SMILES string of the molecule is COc1ccc([N+](=O)[O-])cc1CS(=O)(=O)c1ccccc1C. The van der Waals surface area contributed by atoms with Crippen molar-refractivity contribution >= 4 is 15.5 Å². The van der Waals surface area contributed by atoms with Crippen molar-refractivity contribution in [2.24, 2.45) is 0 Å². The molecule has 7 heteroatoms. The molecule has 0 spiro atoms. The Bertz CT molecular complexity index is 814. The molecule has 0 aliphatic carbocycles. The number of non-ortho nitro benzene ring substituents is 1. The van der Waals surface area contributed by atoms with E-state index in [1.807, 2.05) is 0 Å². The third kappa shape index (κ3) is 3.25. The molecule has 0 heterocycles. The van der Waals surface area contributed by atoms with E-state index in [1.54, 1.807) is 25.1 Å². The number of methoxy groups -OCH3 is 1. The summed E-state index contributed by atoms with van der Waals surface area (Å²) in [6.07, 6.45) is 0. The van der Waals surface area contributed by atoms with Crippen LogP contribution in [-0.4, -0.2) is 20.5 Å². The molecule has 116 valence electrons. The van der Waals surface area contributed by atoms with Crippen molar-refractivity contribution in [2.75, 3.05) is 7.11 Å². The molecule has 0 aliphatic rings. The van der Waals surface area contributed by atoms with Crippen LogP contribution in [0.5, 0.6) is 5.75 Å². The van der Waals surface area contributed by atoms with Gasteiger partial charge in [0.1, 0.15) is 5.75 Å². The second-order valence-corrected chi connectivity index (χ2v) is 6.74. The zero-order chi connectivity index (χ0) is 16.3. The molecule has 0 atom stereocenters. The molecule has 0 saturated carbocycles. The average molecular weight is 321 g/mol. The van der Waals surface area contributed by atoms with Gasteiger partial charge in [-0.25, -0.2) is 8.42 Å². The van der Waals surface area contributed by atoms with Crippen molar-refractivity contribution < 1.29 is 18.1 Å². The first-order valence-corrected chi connectivity index (χ1v) is 8.10. The molecule has 0 radical (unpaired) electrons. The summed E-state index contributed by atoms with van der Waals surface area (Å²) in [6.45, 7) is 1.71. The van der Waals surface area contributed by atoms with Crippen molar-refractivity contribution in [3.63, 3.8) is 0 Å². The second kappa shape index (κ2) is 6.15. The van der Waals surface area contributed by atoms with Gasteiger partial charge in [0.15, 0.2) is 9.84 Å². The summed E-state index contributed by atoms with van der Waals surface area (Å²) in [5.74, 6) is -0.0503. The number of benzene rings is 2. The Morgan fingerprint density at radius 3 is 2.45 bits per heavy atom. The molecule has 22 heavy (non-hydrogen) atoms. The molecule has 0 amide bonds. The van der Waals surface area contributed by atoms with Crippen LogP contribution in [0, 0.1) is 17.0 Å². The first-order chi connectivity index (χ1) is 10.3. The number of aryl methyl sites for hydroxylation is 1. The minimum atomic E-state index is -3.62. The lowest BCUT2D eigenvalue weighted by Gasteiger charge is -2.10. The lowest BCUT2D eigenvalue weighted by Crippen LogP contribution is -2.08. The third-order valence-electron chi connectivity index (χ3n) is 3.25. The van der Waals surface area contributed by atoms with Crippen molar-refractivity contribution in [1.29, 1.82) is 0 Å². The molecule has 0 saturated heterocycles. The van der Waals surface area contributed by atoms with E-state index in [1.165, 1.54) is 31.4 Å². The fourth-order valence-corrected chi connectivity index (χ4v) is 3.81. The Kier molecular flexibility index (Phi) is 4.46. The number of ether oxygens (including phenoxy) is 1. The monoisotopic (exact) mass is 321 g/mol. The maximum atomic E-state index is 12.5. The molecule has 0 bridgehead atoms. The maximum Gasteiger partial charge on any atom is 0.270 e. The van der Waals surface area contributed by atoms with Crippen LogP contribution in [-0.2, 0) is 15.6 Å². The third-order valence-corrected chi connectivity index (χ3v) is 5.07. The number of rotatable bonds is 5. The van der Waals surface area contributed by atoms with Gasteiger partial charge in [-0.2, -0.15) is 0 Å². The van der Waals surface area contributed by atoms with Crippen molar-refractivity contribution in [2.45, 2.75) is 17.6 Å². The highest BCUT2D eigenvalue weighted by molar-refractivity contribution is 7.90. The van der Waals surface area contributed by atoms with Gasteiger partial charge in [0, 0.05) is 17.7 Å². The molecule has 0 unspecified atom stereocenters. The molecule has 6 nitrogen and oxygen atoms in total. The molecular formula is C15H15NO5S. The maximum absolute atomic E-state index is 12.5. The topological polar surface area (TPSA) is 86.5 Å². The van der Waals surface area contributed by atoms with E-state index in [-0.39, 0.29) is 21.9 Å². The smallest absolute Gasteiger partial charge is 0.270 e. The number of nitrogens with zero attached hydrogens (tertiary/aromatic N) is 1. The number of nitro groups is 1. The zero-order valence-electron chi connectivity index (χ0n) is 12.1. The van der Waals surface area contributed by atoms with E-state index >= 15 is 0 Å². The first-order valence-electron chi connectivity index (χ1n) is 6.45. The van der Waals surface area contributed by atoms with Gasteiger partial charge in [0.25, 0.3) is 5.69 Å². The van der Waals surface area contributed by atoms with E-state index < -0.39 is 14.8 Å². The van der Waals surface area contributed by atoms with Crippen LogP contribution in [0.25, 0.3) is 0 Å². The summed E-state index contributed by atoms with van der Waals surface area (Å²) in [4.78, 5) is 10.5. The van der Waals surface area contributed by atoms with Crippen molar-refractivity contribution in [3.8, 4) is 5.75 Å². The lowest BCUT2D eigenvalue weighted by atomic mass is 10.2. The number of hydrogen-bond donors (Lipinski definition) is 0. The Hall–Kier alpha value is -2.41. The summed E-state index contributed by atoms with van der Waals surface area (Å²) in [5.41, 5.74) is 0.725. The highest BCUT2D eigenvalue weighted by Gasteiger charge is 2.21. The highest BCUT2D eigenvalue weighted by Crippen LogP contribution is 2.28. The van der Waals surface area contributed by atoms with E-state index in [4.69, 9.17) is 4.74 Å². The average Bonchev–Trinajstić information content (AvgIpc) is 2.47. The molecule has 0 fully saturated rings. The predicted molar refractivity (Wildman–Crippen MR) is 81.7 cm³/mol. The van der Waals surface area contributed by atoms with Gasteiger partial charge in [-0.1, -0.05) is 18.2 Å². The fraction of sp³-hybridized carbons (Fsp3) is 0.200. The molecule has 0 N–H and O–H groups in total. The standard InChI is InChI=1S/C15H15NO5S/c1-11-5-3-4-6-15(11)22(19,20)10-12-9-13(16(17)18)7-8-14(12)21-2/h3-9H,10H2,1-2H3. The Balaban J connectivity index is 2.47. The van der Waals surface area contributed by atoms with Gasteiger partial charge in [-0.05, 0) is 24.6 Å².